The predicted octanol–water partition coefficient (Wildman–Crippen LogP) is 2.85. The number of likely N-dealkylation sites (tertiary alicyclic amines) is 1. The van der Waals surface area contributed by atoms with E-state index in [1.165, 1.54) is 11.0 Å². The summed E-state index contributed by atoms with van der Waals surface area (Å²) in [4.78, 5) is 25.5. The molecule has 2 rings (SSSR count). The number of nitrogens with zero attached hydrogens (tertiary/aromatic N) is 1. The van der Waals surface area contributed by atoms with Gasteiger partial charge < -0.3 is 10.0 Å². The van der Waals surface area contributed by atoms with Crippen molar-refractivity contribution in [2.75, 3.05) is 6.54 Å². The average Bonchev–Trinajstić information content (AvgIpc) is 2.39. The molecule has 1 aromatic carbocycles. The van der Waals surface area contributed by atoms with Crippen LogP contribution in [0.3, 0.4) is 0 Å². The van der Waals surface area contributed by atoms with Gasteiger partial charge in [0.25, 0.3) is 5.91 Å². The maximum Gasteiger partial charge on any atom is 0.326 e. The molecule has 1 aliphatic rings. The Kier molecular flexibility index (Phi) is 4.03. The molecule has 114 valence electrons. The smallest absolute Gasteiger partial charge is 0.326 e. The number of aliphatic carboxylic acids is 1. The van der Waals surface area contributed by atoms with E-state index in [-0.39, 0.29) is 5.56 Å². The van der Waals surface area contributed by atoms with Gasteiger partial charge in [0, 0.05) is 6.54 Å². The van der Waals surface area contributed by atoms with Gasteiger partial charge in [0.1, 0.15) is 11.9 Å². The molecule has 1 amide bonds. The second-order valence-corrected chi connectivity index (χ2v) is 6.27. The summed E-state index contributed by atoms with van der Waals surface area (Å²) in [5.41, 5.74) is -0.206. The molecular weight excluding hydrogens is 273 g/mol. The lowest BCUT2D eigenvalue weighted by Crippen LogP contribution is -2.56. The first-order chi connectivity index (χ1) is 9.75. The number of hydrogen-bond donors (Lipinski definition) is 1. The van der Waals surface area contributed by atoms with Crippen molar-refractivity contribution in [3.05, 3.63) is 35.1 Å². The number of rotatable bonds is 2. The van der Waals surface area contributed by atoms with Crippen LogP contribution in [-0.2, 0) is 4.79 Å². The molecule has 1 heterocycles. The molecule has 0 aromatic heterocycles. The van der Waals surface area contributed by atoms with Crippen LogP contribution in [0.25, 0.3) is 0 Å². The Labute approximate surface area is 123 Å². The first kappa shape index (κ1) is 15.5. The number of carbonyl (C=O) groups is 2. The van der Waals surface area contributed by atoms with Gasteiger partial charge in [-0.2, -0.15) is 0 Å². The second-order valence-electron chi connectivity index (χ2n) is 6.27. The number of carboxylic acid groups (broad SMARTS) is 1. The second kappa shape index (κ2) is 5.47. The largest absolute Gasteiger partial charge is 0.480 e. The Morgan fingerprint density at radius 2 is 2.05 bits per heavy atom. The summed E-state index contributed by atoms with van der Waals surface area (Å²) < 4.78 is 14.1. The Morgan fingerprint density at radius 3 is 2.67 bits per heavy atom. The van der Waals surface area contributed by atoms with Crippen LogP contribution >= 0.6 is 0 Å². The number of amides is 1. The van der Waals surface area contributed by atoms with Gasteiger partial charge >= 0.3 is 5.97 Å². The van der Waals surface area contributed by atoms with Crippen LogP contribution in [0.5, 0.6) is 0 Å². The molecule has 21 heavy (non-hydrogen) atoms. The minimum absolute atomic E-state index is 0.0565. The number of halogens is 1. The molecule has 0 radical (unpaired) electrons. The van der Waals surface area contributed by atoms with Gasteiger partial charge in [-0.05, 0) is 36.8 Å². The molecule has 1 unspecified atom stereocenters. The summed E-state index contributed by atoms with van der Waals surface area (Å²) in [6, 6.07) is 3.67. The standard InChI is InChI=1S/C16H20FNO3/c1-10-6-4-7-11(12(10)17)14(19)18-9-5-8-16(2,3)13(18)15(20)21/h4,6-7,13H,5,8-9H2,1-3H3,(H,20,21). The van der Waals surface area contributed by atoms with Gasteiger partial charge in [0.05, 0.1) is 5.56 Å². The van der Waals surface area contributed by atoms with Crippen LogP contribution in [0, 0.1) is 18.2 Å². The topological polar surface area (TPSA) is 57.6 Å². The molecule has 1 atom stereocenters. The highest BCUT2D eigenvalue weighted by atomic mass is 19.1. The Morgan fingerprint density at radius 1 is 1.38 bits per heavy atom. The normalized spacial score (nSPS) is 21.1. The molecule has 1 fully saturated rings. The Bertz CT molecular complexity index is 583. The van der Waals surface area contributed by atoms with Crippen molar-refractivity contribution >= 4 is 11.9 Å². The predicted molar refractivity (Wildman–Crippen MR) is 76.6 cm³/mol. The summed E-state index contributed by atoms with van der Waals surface area (Å²) in [6.07, 6.45) is 1.44. The number of piperidine rings is 1. The molecule has 0 saturated carbocycles. The van der Waals surface area contributed by atoms with Gasteiger partial charge in [-0.25, -0.2) is 9.18 Å². The van der Waals surface area contributed by atoms with E-state index in [0.717, 1.165) is 12.8 Å². The third-order valence-electron chi connectivity index (χ3n) is 4.19. The van der Waals surface area contributed by atoms with Gasteiger partial charge in [-0.3, -0.25) is 4.79 Å². The molecule has 0 bridgehead atoms. The number of carbonyl (C=O) groups excluding carboxylic acids is 1. The van der Waals surface area contributed by atoms with Gasteiger partial charge in [-0.15, -0.1) is 0 Å². The van der Waals surface area contributed by atoms with E-state index in [1.54, 1.807) is 19.1 Å². The van der Waals surface area contributed by atoms with Gasteiger partial charge in [0.2, 0.25) is 0 Å². The maximum atomic E-state index is 14.1. The van der Waals surface area contributed by atoms with Gasteiger partial charge in [-0.1, -0.05) is 26.0 Å². The van der Waals surface area contributed by atoms with Crippen LogP contribution in [0.15, 0.2) is 18.2 Å². The zero-order valence-corrected chi connectivity index (χ0v) is 12.5. The fourth-order valence-corrected chi connectivity index (χ4v) is 3.05. The van der Waals surface area contributed by atoms with Crippen LogP contribution < -0.4 is 0 Å². The molecule has 5 heteroatoms. The van der Waals surface area contributed by atoms with E-state index in [4.69, 9.17) is 0 Å². The van der Waals surface area contributed by atoms with Crippen LogP contribution in [0.1, 0.15) is 42.6 Å². The fraction of sp³-hybridized carbons (Fsp3) is 0.500. The Balaban J connectivity index is 2.41. The van der Waals surface area contributed by atoms with Crippen LogP contribution in [0.2, 0.25) is 0 Å². The lowest BCUT2D eigenvalue weighted by molar-refractivity contribution is -0.148. The van der Waals surface area contributed by atoms with Crippen molar-refractivity contribution in [1.82, 2.24) is 4.90 Å². The third kappa shape index (κ3) is 2.77. The summed E-state index contributed by atoms with van der Waals surface area (Å²) >= 11 is 0. The highest BCUT2D eigenvalue weighted by Gasteiger charge is 2.45. The quantitative estimate of drug-likeness (QED) is 0.912. The first-order valence-electron chi connectivity index (χ1n) is 7.04. The van der Waals surface area contributed by atoms with Crippen LogP contribution in [-0.4, -0.2) is 34.5 Å². The van der Waals surface area contributed by atoms with E-state index >= 15 is 0 Å². The molecular formula is C16H20FNO3. The summed E-state index contributed by atoms with van der Waals surface area (Å²) in [7, 11) is 0. The van der Waals surface area contributed by atoms with Gasteiger partial charge in [0.15, 0.2) is 0 Å². The minimum atomic E-state index is -1.04. The lowest BCUT2D eigenvalue weighted by Gasteiger charge is -2.44. The number of aryl methyl sites for hydroxylation is 1. The highest BCUT2D eigenvalue weighted by Crippen LogP contribution is 2.36. The van der Waals surface area contributed by atoms with Crippen molar-refractivity contribution in [2.24, 2.45) is 5.41 Å². The molecule has 0 spiro atoms. The van der Waals surface area contributed by atoms with Crippen molar-refractivity contribution in [2.45, 2.75) is 39.7 Å². The molecule has 4 nitrogen and oxygen atoms in total. The molecule has 1 saturated heterocycles. The van der Waals surface area contributed by atoms with Crippen LogP contribution in [0.4, 0.5) is 4.39 Å². The molecule has 1 N–H and O–H groups in total. The molecule has 0 aliphatic carbocycles. The first-order valence-corrected chi connectivity index (χ1v) is 7.04. The summed E-state index contributed by atoms with van der Waals surface area (Å²) in [5, 5.41) is 9.48. The van der Waals surface area contributed by atoms with Crippen molar-refractivity contribution < 1.29 is 19.1 Å². The summed E-state index contributed by atoms with van der Waals surface area (Å²) in [5.74, 6) is -2.16. The maximum absolute atomic E-state index is 14.1. The monoisotopic (exact) mass is 293 g/mol. The van der Waals surface area contributed by atoms with Crippen molar-refractivity contribution in [3.63, 3.8) is 0 Å². The lowest BCUT2D eigenvalue weighted by atomic mass is 9.76. The average molecular weight is 293 g/mol. The summed E-state index contributed by atoms with van der Waals surface area (Å²) in [6.45, 7) is 5.59. The van der Waals surface area contributed by atoms with E-state index in [9.17, 15) is 19.1 Å². The fourth-order valence-electron chi connectivity index (χ4n) is 3.05. The number of carboxylic acids is 1. The minimum Gasteiger partial charge on any atom is -0.480 e. The van der Waals surface area contributed by atoms with E-state index < -0.39 is 29.2 Å². The van der Waals surface area contributed by atoms with Crippen molar-refractivity contribution in [3.8, 4) is 0 Å². The molecule has 1 aliphatic heterocycles. The third-order valence-corrected chi connectivity index (χ3v) is 4.19. The molecule has 1 aromatic rings. The number of hydrogen-bond acceptors (Lipinski definition) is 2. The van der Waals surface area contributed by atoms with E-state index in [0.29, 0.717) is 12.1 Å². The highest BCUT2D eigenvalue weighted by molar-refractivity contribution is 5.97. The van der Waals surface area contributed by atoms with Crippen molar-refractivity contribution in [1.29, 1.82) is 0 Å². The number of benzene rings is 1. The zero-order chi connectivity index (χ0) is 15.8. The SMILES string of the molecule is Cc1cccc(C(=O)N2CCCC(C)(C)C2C(=O)O)c1F. The van der Waals surface area contributed by atoms with E-state index in [1.807, 2.05) is 13.8 Å². The van der Waals surface area contributed by atoms with E-state index in [2.05, 4.69) is 0 Å². The zero-order valence-electron chi connectivity index (χ0n) is 12.5. The Hall–Kier alpha value is -1.91.